The first kappa shape index (κ1) is 17.5. The van der Waals surface area contributed by atoms with E-state index in [-0.39, 0.29) is 30.9 Å². The van der Waals surface area contributed by atoms with Crippen molar-refractivity contribution >= 4 is 16.0 Å². The van der Waals surface area contributed by atoms with E-state index in [9.17, 15) is 18.3 Å². The fourth-order valence-electron chi connectivity index (χ4n) is 2.19. The largest absolute Gasteiger partial charge is 0.508 e. The molecule has 1 rings (SSSR count). The average Bonchev–Trinajstić information content (AvgIpc) is 2.38. The zero-order valence-corrected chi connectivity index (χ0v) is 13.0. The molecule has 0 heterocycles. The van der Waals surface area contributed by atoms with Gasteiger partial charge in [0.15, 0.2) is 0 Å². The molecule has 2 N–H and O–H groups in total. The molecular formula is C14H21NO5S. The molecule has 1 unspecified atom stereocenters. The van der Waals surface area contributed by atoms with Crippen molar-refractivity contribution in [3.8, 4) is 5.75 Å². The van der Waals surface area contributed by atoms with Crippen molar-refractivity contribution in [3.63, 3.8) is 0 Å². The molecular weight excluding hydrogens is 294 g/mol. The number of carboxylic acids is 1. The van der Waals surface area contributed by atoms with E-state index >= 15 is 0 Å². The van der Waals surface area contributed by atoms with Crippen molar-refractivity contribution in [2.45, 2.75) is 32.7 Å². The van der Waals surface area contributed by atoms with E-state index in [2.05, 4.69) is 0 Å². The highest BCUT2D eigenvalue weighted by molar-refractivity contribution is 7.89. The number of carboxylic acid groups (broad SMARTS) is 1. The predicted molar refractivity (Wildman–Crippen MR) is 79.6 cm³/mol. The van der Waals surface area contributed by atoms with Gasteiger partial charge in [0.25, 0.3) is 0 Å². The van der Waals surface area contributed by atoms with Crippen LogP contribution >= 0.6 is 0 Å². The summed E-state index contributed by atoms with van der Waals surface area (Å²) in [6, 6.07) is 6.04. The van der Waals surface area contributed by atoms with Crippen LogP contribution in [0.2, 0.25) is 0 Å². The Bertz CT molecular complexity index is 585. The van der Waals surface area contributed by atoms with Crippen molar-refractivity contribution in [1.29, 1.82) is 0 Å². The van der Waals surface area contributed by atoms with Crippen LogP contribution in [-0.4, -0.2) is 41.2 Å². The average molecular weight is 315 g/mol. The first-order chi connectivity index (χ1) is 9.77. The monoisotopic (exact) mass is 315 g/mol. The maximum atomic E-state index is 12.3. The van der Waals surface area contributed by atoms with Crippen LogP contribution in [0.5, 0.6) is 5.75 Å². The fraction of sp³-hybridized carbons (Fsp3) is 0.500. The lowest BCUT2D eigenvalue weighted by atomic mass is 10.1. The standard InChI is InChI=1S/C14H21NO5S/c1-3-15(21(19,20)9-5-8-14(17)18)11(2)12-6-4-7-13(16)10-12/h4,6-7,10-11,16H,3,5,8-9H2,1-2H3,(H,17,18). The molecule has 0 aliphatic rings. The Morgan fingerprint density at radius 1 is 1.38 bits per heavy atom. The van der Waals surface area contributed by atoms with Crippen molar-refractivity contribution in [1.82, 2.24) is 4.31 Å². The van der Waals surface area contributed by atoms with Crippen molar-refractivity contribution < 1.29 is 23.4 Å². The first-order valence-electron chi connectivity index (χ1n) is 6.78. The van der Waals surface area contributed by atoms with Gasteiger partial charge in [0.05, 0.1) is 5.75 Å². The normalized spacial score (nSPS) is 13.3. The summed E-state index contributed by atoms with van der Waals surface area (Å²) in [6.07, 6.45) is -0.0851. The molecule has 0 fully saturated rings. The number of phenols is 1. The number of nitrogens with zero attached hydrogens (tertiary/aromatic N) is 1. The van der Waals surface area contributed by atoms with Gasteiger partial charge in [0.2, 0.25) is 10.0 Å². The van der Waals surface area contributed by atoms with Gasteiger partial charge in [-0.15, -0.1) is 0 Å². The number of aromatic hydroxyl groups is 1. The third kappa shape index (κ3) is 5.02. The molecule has 1 aromatic rings. The van der Waals surface area contributed by atoms with E-state index in [1.54, 1.807) is 26.0 Å². The highest BCUT2D eigenvalue weighted by Crippen LogP contribution is 2.26. The van der Waals surface area contributed by atoms with Crippen LogP contribution in [-0.2, 0) is 14.8 Å². The summed E-state index contributed by atoms with van der Waals surface area (Å²) in [4.78, 5) is 10.5. The molecule has 0 spiro atoms. The van der Waals surface area contributed by atoms with Gasteiger partial charge in [-0.1, -0.05) is 19.1 Å². The van der Waals surface area contributed by atoms with E-state index in [4.69, 9.17) is 5.11 Å². The van der Waals surface area contributed by atoms with E-state index in [0.717, 1.165) is 0 Å². The highest BCUT2D eigenvalue weighted by Gasteiger charge is 2.26. The molecule has 0 radical (unpaired) electrons. The Morgan fingerprint density at radius 3 is 2.57 bits per heavy atom. The zero-order valence-electron chi connectivity index (χ0n) is 12.2. The lowest BCUT2D eigenvalue weighted by Gasteiger charge is -2.27. The van der Waals surface area contributed by atoms with Crippen LogP contribution in [0.1, 0.15) is 38.3 Å². The minimum atomic E-state index is -3.54. The van der Waals surface area contributed by atoms with E-state index in [1.165, 1.54) is 16.4 Å². The molecule has 0 aromatic heterocycles. The lowest BCUT2D eigenvalue weighted by Crippen LogP contribution is -2.35. The minimum Gasteiger partial charge on any atom is -0.508 e. The third-order valence-corrected chi connectivity index (χ3v) is 5.34. The van der Waals surface area contributed by atoms with Gasteiger partial charge < -0.3 is 10.2 Å². The molecule has 1 aromatic carbocycles. The summed E-state index contributed by atoms with van der Waals surface area (Å²) < 4.78 is 25.9. The maximum absolute atomic E-state index is 12.3. The third-order valence-electron chi connectivity index (χ3n) is 3.25. The van der Waals surface area contributed by atoms with Gasteiger partial charge in [-0.2, -0.15) is 4.31 Å². The van der Waals surface area contributed by atoms with E-state index < -0.39 is 22.0 Å². The highest BCUT2D eigenvalue weighted by atomic mass is 32.2. The molecule has 0 saturated carbocycles. The smallest absolute Gasteiger partial charge is 0.303 e. The Labute approximate surface area is 125 Å². The summed E-state index contributed by atoms with van der Waals surface area (Å²) >= 11 is 0. The lowest BCUT2D eigenvalue weighted by molar-refractivity contribution is -0.137. The number of phenolic OH excluding ortho intramolecular Hbond substituents is 1. The van der Waals surface area contributed by atoms with Crippen molar-refractivity contribution in [2.24, 2.45) is 0 Å². The Hall–Kier alpha value is -1.60. The number of hydrogen-bond acceptors (Lipinski definition) is 4. The quantitative estimate of drug-likeness (QED) is 0.765. The predicted octanol–water partition coefficient (Wildman–Crippen LogP) is 1.97. The van der Waals surface area contributed by atoms with Crippen LogP contribution in [0, 0.1) is 0 Å². The summed E-state index contributed by atoms with van der Waals surface area (Å²) in [5.74, 6) is -1.12. The van der Waals surface area contributed by atoms with Crippen LogP contribution in [0.15, 0.2) is 24.3 Å². The van der Waals surface area contributed by atoms with Gasteiger partial charge in [0.1, 0.15) is 5.75 Å². The van der Waals surface area contributed by atoms with Gasteiger partial charge in [-0.05, 0) is 31.0 Å². The van der Waals surface area contributed by atoms with E-state index in [1.807, 2.05) is 0 Å². The Morgan fingerprint density at radius 2 is 2.05 bits per heavy atom. The van der Waals surface area contributed by atoms with Crippen molar-refractivity contribution in [3.05, 3.63) is 29.8 Å². The fourth-order valence-corrected chi connectivity index (χ4v) is 3.93. The molecule has 7 heteroatoms. The second-order valence-corrected chi connectivity index (χ2v) is 6.83. The number of rotatable bonds is 8. The molecule has 0 aliphatic heterocycles. The number of hydrogen-bond donors (Lipinski definition) is 2. The molecule has 6 nitrogen and oxygen atoms in total. The van der Waals surface area contributed by atoms with Gasteiger partial charge >= 0.3 is 5.97 Å². The second-order valence-electron chi connectivity index (χ2n) is 4.79. The molecule has 0 aliphatic carbocycles. The second kappa shape index (κ2) is 7.42. The molecule has 0 saturated heterocycles. The number of sulfonamides is 1. The van der Waals surface area contributed by atoms with Gasteiger partial charge in [-0.3, -0.25) is 4.79 Å². The molecule has 21 heavy (non-hydrogen) atoms. The van der Waals surface area contributed by atoms with Crippen molar-refractivity contribution in [2.75, 3.05) is 12.3 Å². The van der Waals surface area contributed by atoms with Gasteiger partial charge in [0, 0.05) is 19.0 Å². The Kier molecular flexibility index (Phi) is 6.17. The number of aliphatic carboxylic acids is 1. The summed E-state index contributed by atoms with van der Waals surface area (Å²) in [7, 11) is -3.54. The molecule has 118 valence electrons. The SMILES string of the molecule is CCN(C(C)c1cccc(O)c1)S(=O)(=O)CCCC(=O)O. The van der Waals surface area contributed by atoms with Crippen LogP contribution < -0.4 is 0 Å². The summed E-state index contributed by atoms with van der Waals surface area (Å²) in [5, 5.41) is 18.1. The number of carbonyl (C=O) groups is 1. The Balaban J connectivity index is 2.87. The maximum Gasteiger partial charge on any atom is 0.303 e. The minimum absolute atomic E-state index is 0.0821. The summed E-state index contributed by atoms with van der Waals surface area (Å²) in [6.45, 7) is 3.76. The first-order valence-corrected chi connectivity index (χ1v) is 8.39. The van der Waals surface area contributed by atoms with Crippen LogP contribution in [0.4, 0.5) is 0 Å². The van der Waals surface area contributed by atoms with Crippen LogP contribution in [0.3, 0.4) is 0 Å². The molecule has 1 atom stereocenters. The van der Waals surface area contributed by atoms with Crippen LogP contribution in [0.25, 0.3) is 0 Å². The molecule has 0 bridgehead atoms. The van der Waals surface area contributed by atoms with E-state index in [0.29, 0.717) is 5.56 Å². The number of benzene rings is 1. The topological polar surface area (TPSA) is 94.9 Å². The van der Waals surface area contributed by atoms with Gasteiger partial charge in [-0.25, -0.2) is 8.42 Å². The zero-order chi connectivity index (χ0) is 16.0. The molecule has 0 amide bonds. The summed E-state index contributed by atoms with van der Waals surface area (Å²) in [5.41, 5.74) is 0.693.